The van der Waals surface area contributed by atoms with Crippen molar-refractivity contribution in [3.63, 3.8) is 0 Å². The third-order valence-corrected chi connectivity index (χ3v) is 9.48. The van der Waals surface area contributed by atoms with E-state index in [4.69, 9.17) is 0 Å². The van der Waals surface area contributed by atoms with E-state index in [-0.39, 0.29) is 28.8 Å². The van der Waals surface area contributed by atoms with Gasteiger partial charge in [0.2, 0.25) is 0 Å². The van der Waals surface area contributed by atoms with Gasteiger partial charge in [0.15, 0.2) is 11.3 Å². The van der Waals surface area contributed by atoms with Crippen molar-refractivity contribution in [2.45, 2.75) is 49.2 Å². The molecule has 3 heterocycles. The van der Waals surface area contributed by atoms with Gasteiger partial charge in [-0.15, -0.1) is 10.2 Å². The molecule has 1 N–H and O–H groups in total. The zero-order valence-electron chi connectivity index (χ0n) is 18.0. The topological polar surface area (TPSA) is 137 Å². The average Bonchev–Trinajstić information content (AvgIpc) is 3.48. The van der Waals surface area contributed by atoms with Crippen LogP contribution < -0.4 is 0 Å². The fourth-order valence-electron chi connectivity index (χ4n) is 4.79. The second-order valence-electron chi connectivity index (χ2n) is 8.53. The minimum absolute atomic E-state index is 0.00841. The smallest absolute Gasteiger partial charge is 0.269 e. The molecule has 1 saturated carbocycles. The van der Waals surface area contributed by atoms with Gasteiger partial charge in [0.05, 0.1) is 21.9 Å². The van der Waals surface area contributed by atoms with Crippen LogP contribution in [0.2, 0.25) is 0 Å². The summed E-state index contributed by atoms with van der Waals surface area (Å²) in [5.41, 5.74) is 2.12. The van der Waals surface area contributed by atoms with E-state index in [1.807, 2.05) is 13.8 Å². The highest BCUT2D eigenvalue weighted by atomic mass is 32.2. The van der Waals surface area contributed by atoms with Gasteiger partial charge in [-0.2, -0.15) is 8.42 Å². The summed E-state index contributed by atoms with van der Waals surface area (Å²) in [5.74, 6) is 0.284. The van der Waals surface area contributed by atoms with Gasteiger partial charge in [-0.05, 0) is 43.9 Å². The lowest BCUT2D eigenvalue weighted by Crippen LogP contribution is -2.17. The van der Waals surface area contributed by atoms with Crippen LogP contribution in [-0.2, 0) is 20.1 Å². The normalized spacial score (nSPS) is 21.8. The summed E-state index contributed by atoms with van der Waals surface area (Å²) >= 11 is 0. The monoisotopic (exact) mass is 489 g/mol. The Balaban J connectivity index is 1.66. The summed E-state index contributed by atoms with van der Waals surface area (Å²) < 4.78 is 62.6. The Hall–Kier alpha value is -2.83. The Morgan fingerprint density at radius 1 is 1.06 bits per heavy atom. The number of aromatic nitrogens is 5. The summed E-state index contributed by atoms with van der Waals surface area (Å²) in [4.78, 5) is 4.48. The van der Waals surface area contributed by atoms with Gasteiger partial charge in [-0.25, -0.2) is 17.4 Å². The fraction of sp³-hybridized carbons (Fsp3) is 0.381. The maximum atomic E-state index is 13.3. The molecule has 10 nitrogen and oxygen atoms in total. The first-order valence-electron chi connectivity index (χ1n) is 10.6. The molecule has 5 rings (SSSR count). The number of hydrogen-bond donors (Lipinski definition) is 1. The van der Waals surface area contributed by atoms with Gasteiger partial charge in [0, 0.05) is 12.1 Å². The lowest BCUT2D eigenvalue weighted by atomic mass is 9.93. The van der Waals surface area contributed by atoms with Gasteiger partial charge < -0.3 is 0 Å². The molecule has 0 aliphatic heterocycles. The molecule has 0 bridgehead atoms. The molecule has 0 spiro atoms. The third-order valence-electron chi connectivity index (χ3n) is 6.57. The van der Waals surface area contributed by atoms with E-state index in [0.29, 0.717) is 29.8 Å². The Morgan fingerprint density at radius 2 is 1.79 bits per heavy atom. The molecular formula is C21H23N5O5S2. The lowest BCUT2D eigenvalue weighted by molar-refractivity contribution is 0.447. The molecule has 0 saturated heterocycles. The summed E-state index contributed by atoms with van der Waals surface area (Å²) in [6.45, 7) is 3.85. The highest BCUT2D eigenvalue weighted by Crippen LogP contribution is 2.43. The SMILES string of the molecule is CC[C@@H]1C[C@H](S(=O)(=O)O)C[C@@H]1c1nnc2cnc3c(ccn3S(=O)(=O)c3ccc(C)cc3)n12. The van der Waals surface area contributed by atoms with Crippen molar-refractivity contribution >= 4 is 37.0 Å². The predicted octanol–water partition coefficient (Wildman–Crippen LogP) is 2.78. The predicted molar refractivity (Wildman–Crippen MR) is 121 cm³/mol. The Morgan fingerprint density at radius 3 is 2.45 bits per heavy atom. The second-order valence-corrected chi connectivity index (χ2v) is 12.0. The van der Waals surface area contributed by atoms with Gasteiger partial charge in [0.25, 0.3) is 20.1 Å². The second kappa shape index (κ2) is 7.61. The first-order chi connectivity index (χ1) is 15.6. The number of nitrogens with zero attached hydrogens (tertiary/aromatic N) is 5. The van der Waals surface area contributed by atoms with Crippen LogP contribution in [-0.4, -0.2) is 50.2 Å². The van der Waals surface area contributed by atoms with Crippen molar-refractivity contribution in [3.05, 3.63) is 54.1 Å². The van der Waals surface area contributed by atoms with E-state index in [1.54, 1.807) is 34.7 Å². The molecule has 3 atom stereocenters. The highest BCUT2D eigenvalue weighted by Gasteiger charge is 2.42. The van der Waals surface area contributed by atoms with Crippen LogP contribution in [0.3, 0.4) is 0 Å². The van der Waals surface area contributed by atoms with Gasteiger partial charge in [0.1, 0.15) is 5.82 Å². The number of hydrogen-bond acceptors (Lipinski definition) is 7. The molecular weight excluding hydrogens is 466 g/mol. The van der Waals surface area contributed by atoms with Crippen molar-refractivity contribution in [1.29, 1.82) is 0 Å². The van der Waals surface area contributed by atoms with Crippen molar-refractivity contribution in [3.8, 4) is 0 Å². The average molecular weight is 490 g/mol. The molecule has 1 aliphatic carbocycles. The standard InChI is InChI=1S/C21H23N5O5S2/c1-3-14-10-16(33(29,30)31)11-17(14)20-24-23-19-12-22-21-18(26(19)20)8-9-25(21)32(27,28)15-6-4-13(2)5-7-15/h4-9,12,14,16-17H,3,10-11H2,1-2H3,(H,29,30,31)/t14-,16+,17+/m1/s1. The zero-order valence-corrected chi connectivity index (χ0v) is 19.7. The van der Waals surface area contributed by atoms with Crippen LogP contribution >= 0.6 is 0 Å². The van der Waals surface area contributed by atoms with Gasteiger partial charge in [-0.1, -0.05) is 31.0 Å². The summed E-state index contributed by atoms with van der Waals surface area (Å²) in [7, 11) is -8.05. The Kier molecular flexibility index (Phi) is 5.07. The van der Waals surface area contributed by atoms with Gasteiger partial charge in [-0.3, -0.25) is 8.95 Å². The molecule has 174 valence electrons. The largest absolute Gasteiger partial charge is 0.285 e. The summed E-state index contributed by atoms with van der Waals surface area (Å²) in [5, 5.41) is 7.65. The first-order valence-corrected chi connectivity index (χ1v) is 13.5. The summed E-state index contributed by atoms with van der Waals surface area (Å²) in [6, 6.07) is 8.22. The van der Waals surface area contributed by atoms with Crippen molar-refractivity contribution in [2.75, 3.05) is 0 Å². The summed E-state index contributed by atoms with van der Waals surface area (Å²) in [6.07, 6.45) is 4.18. The molecule has 0 radical (unpaired) electrons. The van der Waals surface area contributed by atoms with Crippen LogP contribution in [0.1, 0.15) is 43.5 Å². The maximum Gasteiger partial charge on any atom is 0.269 e. The highest BCUT2D eigenvalue weighted by molar-refractivity contribution is 7.90. The lowest BCUT2D eigenvalue weighted by Gasteiger charge is -2.16. The Labute approximate surface area is 191 Å². The quantitative estimate of drug-likeness (QED) is 0.423. The molecule has 1 aliphatic rings. The van der Waals surface area contributed by atoms with Crippen molar-refractivity contribution in [2.24, 2.45) is 5.92 Å². The van der Waals surface area contributed by atoms with E-state index in [0.717, 1.165) is 9.54 Å². The number of benzene rings is 1. The van der Waals surface area contributed by atoms with E-state index < -0.39 is 25.4 Å². The van der Waals surface area contributed by atoms with Crippen LogP contribution in [0.15, 0.2) is 47.6 Å². The van der Waals surface area contributed by atoms with Crippen LogP contribution in [0.25, 0.3) is 16.8 Å². The molecule has 3 aromatic heterocycles. The van der Waals surface area contributed by atoms with E-state index in [1.165, 1.54) is 12.4 Å². The van der Waals surface area contributed by atoms with Gasteiger partial charge >= 0.3 is 0 Å². The number of aryl methyl sites for hydroxylation is 1. The van der Waals surface area contributed by atoms with Crippen LogP contribution in [0, 0.1) is 12.8 Å². The van der Waals surface area contributed by atoms with Crippen molar-refractivity contribution < 1.29 is 21.4 Å². The van der Waals surface area contributed by atoms with E-state index in [2.05, 4.69) is 15.2 Å². The maximum absolute atomic E-state index is 13.3. The van der Waals surface area contributed by atoms with E-state index >= 15 is 0 Å². The zero-order chi connectivity index (χ0) is 23.5. The Bertz CT molecular complexity index is 1570. The minimum Gasteiger partial charge on any atom is -0.285 e. The van der Waals surface area contributed by atoms with Crippen LogP contribution in [0.4, 0.5) is 0 Å². The first kappa shape index (κ1) is 22.0. The molecule has 1 fully saturated rings. The van der Waals surface area contributed by atoms with Crippen LogP contribution in [0.5, 0.6) is 0 Å². The fourth-order valence-corrected chi connectivity index (χ4v) is 7.03. The molecule has 33 heavy (non-hydrogen) atoms. The minimum atomic E-state index is -4.17. The number of fused-ring (bicyclic) bond motifs is 3. The van der Waals surface area contributed by atoms with Crippen molar-refractivity contribution in [1.82, 2.24) is 23.6 Å². The molecule has 0 amide bonds. The molecule has 12 heteroatoms. The molecule has 4 aromatic rings. The van der Waals surface area contributed by atoms with E-state index in [9.17, 15) is 21.4 Å². The number of rotatable bonds is 5. The molecule has 0 unspecified atom stereocenters. The third kappa shape index (κ3) is 3.52. The molecule has 1 aromatic carbocycles.